The molecule has 94 valence electrons. The maximum atomic E-state index is 12.1. The minimum Gasteiger partial charge on any atom is -0.477 e. The van der Waals surface area contributed by atoms with Gasteiger partial charge >= 0.3 is 5.97 Å². The molecule has 1 heterocycles. The fourth-order valence-corrected chi connectivity index (χ4v) is 1.86. The second-order valence-electron chi connectivity index (χ2n) is 4.58. The van der Waals surface area contributed by atoms with Crippen molar-refractivity contribution < 1.29 is 9.90 Å². The summed E-state index contributed by atoms with van der Waals surface area (Å²) in [6.07, 6.45) is 0.960. The van der Waals surface area contributed by atoms with Gasteiger partial charge in [0.1, 0.15) is 5.56 Å². The van der Waals surface area contributed by atoms with E-state index in [0.717, 1.165) is 12.1 Å². The standard InChI is InChI=1S/C13H19NO3/c1-5-8(2)7-14-10(4)6-9(3)11(12(14)15)13(16)17/h6,8H,5,7H2,1-4H3,(H,16,17). The van der Waals surface area contributed by atoms with Gasteiger partial charge in [-0.3, -0.25) is 4.79 Å². The maximum absolute atomic E-state index is 12.1. The first-order valence-corrected chi connectivity index (χ1v) is 5.82. The van der Waals surface area contributed by atoms with E-state index in [1.54, 1.807) is 17.6 Å². The molecule has 1 rings (SSSR count). The van der Waals surface area contributed by atoms with Crippen LogP contribution in [0.2, 0.25) is 0 Å². The SMILES string of the molecule is CCC(C)Cn1c(C)cc(C)c(C(=O)O)c1=O. The lowest BCUT2D eigenvalue weighted by atomic mass is 10.1. The Morgan fingerprint density at radius 3 is 2.53 bits per heavy atom. The predicted octanol–water partition coefficient (Wildman–Crippen LogP) is 2.21. The van der Waals surface area contributed by atoms with Crippen LogP contribution in [-0.4, -0.2) is 15.6 Å². The van der Waals surface area contributed by atoms with Crippen LogP contribution in [0.15, 0.2) is 10.9 Å². The molecule has 0 aromatic carbocycles. The summed E-state index contributed by atoms with van der Waals surface area (Å²) in [6, 6.07) is 1.76. The Bertz CT molecular complexity index is 488. The van der Waals surface area contributed by atoms with Crippen molar-refractivity contribution in [3.05, 3.63) is 33.2 Å². The maximum Gasteiger partial charge on any atom is 0.341 e. The summed E-state index contributed by atoms with van der Waals surface area (Å²) >= 11 is 0. The van der Waals surface area contributed by atoms with E-state index >= 15 is 0 Å². The van der Waals surface area contributed by atoms with E-state index in [9.17, 15) is 9.59 Å². The van der Waals surface area contributed by atoms with Gasteiger partial charge in [-0.25, -0.2) is 4.79 Å². The van der Waals surface area contributed by atoms with Crippen molar-refractivity contribution >= 4 is 5.97 Å². The zero-order chi connectivity index (χ0) is 13.2. The lowest BCUT2D eigenvalue weighted by Crippen LogP contribution is -2.31. The van der Waals surface area contributed by atoms with Crippen molar-refractivity contribution in [2.24, 2.45) is 5.92 Å². The fraction of sp³-hybridized carbons (Fsp3) is 0.538. The van der Waals surface area contributed by atoms with Gasteiger partial charge in [0.05, 0.1) is 0 Å². The highest BCUT2D eigenvalue weighted by Gasteiger charge is 2.17. The third kappa shape index (κ3) is 2.75. The summed E-state index contributed by atoms with van der Waals surface area (Å²) in [5.74, 6) is -0.791. The Balaban J connectivity index is 3.36. The van der Waals surface area contributed by atoms with Gasteiger partial charge in [-0.1, -0.05) is 20.3 Å². The molecule has 1 aromatic rings. The van der Waals surface area contributed by atoms with Crippen LogP contribution < -0.4 is 5.56 Å². The Morgan fingerprint density at radius 1 is 1.47 bits per heavy atom. The molecule has 0 spiro atoms. The lowest BCUT2D eigenvalue weighted by molar-refractivity contribution is 0.0693. The molecule has 0 saturated carbocycles. The first kappa shape index (κ1) is 13.5. The number of carboxylic acid groups (broad SMARTS) is 1. The second-order valence-corrected chi connectivity index (χ2v) is 4.58. The van der Waals surface area contributed by atoms with E-state index in [2.05, 4.69) is 6.92 Å². The van der Waals surface area contributed by atoms with Gasteiger partial charge < -0.3 is 9.67 Å². The summed E-state index contributed by atoms with van der Waals surface area (Å²) in [6.45, 7) is 8.17. The van der Waals surface area contributed by atoms with Crippen LogP contribution in [0.5, 0.6) is 0 Å². The van der Waals surface area contributed by atoms with Crippen LogP contribution in [0.4, 0.5) is 0 Å². The number of carbonyl (C=O) groups is 1. The van der Waals surface area contributed by atoms with Crippen molar-refractivity contribution in [2.45, 2.75) is 40.7 Å². The van der Waals surface area contributed by atoms with Gasteiger partial charge in [-0.2, -0.15) is 0 Å². The summed E-state index contributed by atoms with van der Waals surface area (Å²) < 4.78 is 1.56. The number of carboxylic acids is 1. The Kier molecular flexibility index (Phi) is 4.10. The van der Waals surface area contributed by atoms with E-state index in [-0.39, 0.29) is 5.56 Å². The molecule has 0 aliphatic heterocycles. The molecule has 4 heteroatoms. The topological polar surface area (TPSA) is 59.3 Å². The normalized spacial score (nSPS) is 12.5. The zero-order valence-electron chi connectivity index (χ0n) is 10.8. The summed E-state index contributed by atoms with van der Waals surface area (Å²) in [5.41, 5.74) is 0.840. The Morgan fingerprint density at radius 2 is 2.06 bits per heavy atom. The number of pyridine rings is 1. The van der Waals surface area contributed by atoms with Crippen molar-refractivity contribution in [3.8, 4) is 0 Å². The van der Waals surface area contributed by atoms with Gasteiger partial charge in [0.2, 0.25) is 0 Å². The van der Waals surface area contributed by atoms with Crippen molar-refractivity contribution in [1.29, 1.82) is 0 Å². The molecular formula is C13H19NO3. The molecular weight excluding hydrogens is 218 g/mol. The zero-order valence-corrected chi connectivity index (χ0v) is 10.8. The molecule has 1 N–H and O–H groups in total. The van der Waals surface area contributed by atoms with E-state index in [1.807, 2.05) is 13.8 Å². The molecule has 0 saturated heterocycles. The molecule has 4 nitrogen and oxygen atoms in total. The molecule has 0 fully saturated rings. The minimum absolute atomic E-state index is 0.112. The average molecular weight is 237 g/mol. The molecule has 0 aliphatic rings. The number of hydrogen-bond acceptors (Lipinski definition) is 2. The van der Waals surface area contributed by atoms with Crippen LogP contribution in [0.3, 0.4) is 0 Å². The quantitative estimate of drug-likeness (QED) is 0.873. The van der Waals surface area contributed by atoms with Crippen LogP contribution in [0, 0.1) is 19.8 Å². The molecule has 1 atom stereocenters. The van der Waals surface area contributed by atoms with Gasteiger partial charge in [-0.15, -0.1) is 0 Å². The molecule has 0 aliphatic carbocycles. The van der Waals surface area contributed by atoms with Gasteiger partial charge in [0.15, 0.2) is 0 Å². The van der Waals surface area contributed by atoms with E-state index < -0.39 is 11.5 Å². The summed E-state index contributed by atoms with van der Waals surface area (Å²) in [7, 11) is 0. The number of hydrogen-bond donors (Lipinski definition) is 1. The Hall–Kier alpha value is -1.58. The summed E-state index contributed by atoms with van der Waals surface area (Å²) in [5, 5.41) is 9.04. The van der Waals surface area contributed by atoms with Crippen molar-refractivity contribution in [1.82, 2.24) is 4.57 Å². The lowest BCUT2D eigenvalue weighted by Gasteiger charge is -2.16. The van der Waals surface area contributed by atoms with Crippen LogP contribution >= 0.6 is 0 Å². The highest BCUT2D eigenvalue weighted by atomic mass is 16.4. The van der Waals surface area contributed by atoms with Crippen LogP contribution in [0.1, 0.15) is 41.9 Å². The molecule has 0 bridgehead atoms. The third-order valence-electron chi connectivity index (χ3n) is 3.11. The number of aromatic carboxylic acids is 1. The monoisotopic (exact) mass is 237 g/mol. The largest absolute Gasteiger partial charge is 0.477 e. The van der Waals surface area contributed by atoms with Gasteiger partial charge in [-0.05, 0) is 31.4 Å². The predicted molar refractivity (Wildman–Crippen MR) is 66.6 cm³/mol. The fourth-order valence-electron chi connectivity index (χ4n) is 1.86. The van der Waals surface area contributed by atoms with Crippen LogP contribution in [0.25, 0.3) is 0 Å². The van der Waals surface area contributed by atoms with Gasteiger partial charge in [0, 0.05) is 12.2 Å². The smallest absolute Gasteiger partial charge is 0.341 e. The average Bonchev–Trinajstić information content (AvgIpc) is 2.22. The van der Waals surface area contributed by atoms with E-state index in [4.69, 9.17) is 5.11 Å². The number of aryl methyl sites for hydroxylation is 2. The minimum atomic E-state index is -1.15. The van der Waals surface area contributed by atoms with Crippen molar-refractivity contribution in [2.75, 3.05) is 0 Å². The number of nitrogens with zero attached hydrogens (tertiary/aromatic N) is 1. The molecule has 17 heavy (non-hydrogen) atoms. The van der Waals surface area contributed by atoms with Crippen molar-refractivity contribution in [3.63, 3.8) is 0 Å². The molecule has 0 amide bonds. The van der Waals surface area contributed by atoms with Gasteiger partial charge in [0.25, 0.3) is 5.56 Å². The number of rotatable bonds is 4. The first-order chi connectivity index (χ1) is 7.88. The van der Waals surface area contributed by atoms with E-state index in [1.165, 1.54) is 0 Å². The first-order valence-electron chi connectivity index (χ1n) is 5.82. The molecule has 1 aromatic heterocycles. The molecule has 1 unspecified atom stereocenters. The Labute approximate surface area is 101 Å². The second kappa shape index (κ2) is 5.17. The molecule has 0 radical (unpaired) electrons. The van der Waals surface area contributed by atoms with E-state index in [0.29, 0.717) is 18.0 Å². The number of aromatic nitrogens is 1. The highest BCUT2D eigenvalue weighted by Crippen LogP contribution is 2.10. The highest BCUT2D eigenvalue weighted by molar-refractivity contribution is 5.88. The third-order valence-corrected chi connectivity index (χ3v) is 3.11. The van der Waals surface area contributed by atoms with Crippen LogP contribution in [-0.2, 0) is 6.54 Å². The summed E-state index contributed by atoms with van der Waals surface area (Å²) in [4.78, 5) is 23.1.